The van der Waals surface area contributed by atoms with Gasteiger partial charge in [0.2, 0.25) is 0 Å². The number of alkyl halides is 1. The van der Waals surface area contributed by atoms with E-state index in [0.29, 0.717) is 32.6 Å². The molecule has 0 saturated heterocycles. The van der Waals surface area contributed by atoms with E-state index in [9.17, 15) is 17.6 Å². The first-order chi connectivity index (χ1) is 17.0. The molecule has 3 aromatic rings. The van der Waals surface area contributed by atoms with Crippen LogP contribution in [0.2, 0.25) is 15.1 Å². The minimum atomic E-state index is -4.22. The maximum Gasteiger partial charge on any atom is 0.329 e. The van der Waals surface area contributed by atoms with Gasteiger partial charge in [-0.3, -0.25) is 4.68 Å². The van der Waals surface area contributed by atoms with E-state index in [1.807, 2.05) is 0 Å². The summed E-state index contributed by atoms with van der Waals surface area (Å²) in [6, 6.07) is 8.85. The van der Waals surface area contributed by atoms with E-state index in [0.717, 1.165) is 0 Å². The van der Waals surface area contributed by atoms with Crippen molar-refractivity contribution in [3.05, 3.63) is 86.4 Å². The van der Waals surface area contributed by atoms with E-state index in [1.165, 1.54) is 35.1 Å². The Hall–Kier alpha value is -2.66. The molecule has 1 atom stereocenters. The van der Waals surface area contributed by atoms with Crippen molar-refractivity contribution in [2.24, 2.45) is 0 Å². The van der Waals surface area contributed by atoms with Crippen LogP contribution in [0.3, 0.4) is 0 Å². The Labute approximate surface area is 221 Å². The van der Waals surface area contributed by atoms with Crippen molar-refractivity contribution in [2.75, 3.05) is 6.54 Å². The van der Waals surface area contributed by atoms with Crippen molar-refractivity contribution >= 4 is 56.4 Å². The van der Waals surface area contributed by atoms with Crippen molar-refractivity contribution in [3.63, 3.8) is 0 Å². The summed E-state index contributed by atoms with van der Waals surface area (Å²) < 4.78 is 58.1. The number of hydrogen-bond acceptors (Lipinski definition) is 4. The van der Waals surface area contributed by atoms with Crippen LogP contribution in [0.15, 0.2) is 59.4 Å². The number of hydrogen-bond donors (Lipinski definition) is 2. The van der Waals surface area contributed by atoms with Crippen LogP contribution in [0.25, 0.3) is 5.57 Å². The molecule has 13 heteroatoms. The minimum Gasteiger partial charge on any atom is -0.331 e. The van der Waals surface area contributed by atoms with Crippen LogP contribution in [-0.4, -0.2) is 36.9 Å². The van der Waals surface area contributed by atoms with Crippen molar-refractivity contribution in [1.82, 2.24) is 19.8 Å². The molecule has 0 radical (unpaired) electrons. The summed E-state index contributed by atoms with van der Waals surface area (Å²) in [5.74, 6) is -0.952. The number of aryl methyl sites for hydroxylation is 1. The van der Waals surface area contributed by atoms with Gasteiger partial charge < -0.3 is 5.32 Å². The molecule has 1 heterocycles. The van der Waals surface area contributed by atoms with Crippen molar-refractivity contribution in [3.8, 4) is 0 Å². The van der Waals surface area contributed by atoms with Gasteiger partial charge in [0.15, 0.2) is 0 Å². The fourth-order valence-corrected chi connectivity index (χ4v) is 5.33. The van der Waals surface area contributed by atoms with Gasteiger partial charge in [0, 0.05) is 20.6 Å². The molecule has 1 aliphatic carbocycles. The molecule has 2 N–H and O–H groups in total. The number of benzene rings is 2. The number of aromatic nitrogens is 2. The summed E-state index contributed by atoms with van der Waals surface area (Å²) in [6.45, 7) is -0.591. The van der Waals surface area contributed by atoms with E-state index < -0.39 is 34.6 Å². The normalized spacial score (nSPS) is 16.9. The molecule has 7 nitrogen and oxygen atoms in total. The fraction of sp³-hybridized carbons (Fsp3) is 0.217. The van der Waals surface area contributed by atoms with Crippen LogP contribution in [0.1, 0.15) is 23.2 Å². The third-order valence-corrected chi connectivity index (χ3v) is 7.72. The molecule has 1 aromatic heterocycles. The van der Waals surface area contributed by atoms with Gasteiger partial charge in [0.25, 0.3) is 10.0 Å². The Morgan fingerprint density at radius 3 is 2.50 bits per heavy atom. The van der Waals surface area contributed by atoms with E-state index >= 15 is 4.39 Å². The molecule has 0 spiro atoms. The maximum absolute atomic E-state index is 15.3. The van der Waals surface area contributed by atoms with Crippen LogP contribution in [-0.2, 0) is 23.0 Å². The summed E-state index contributed by atoms with van der Waals surface area (Å²) in [5.41, 5.74) is 1.31. The molecular weight excluding hydrogens is 557 g/mol. The molecule has 0 aliphatic heterocycles. The molecular formula is C23H19Cl3F2N4O3S. The van der Waals surface area contributed by atoms with Crippen molar-refractivity contribution in [2.45, 2.75) is 30.5 Å². The predicted molar refractivity (Wildman–Crippen MR) is 134 cm³/mol. The lowest BCUT2D eigenvalue weighted by Crippen LogP contribution is -2.40. The third-order valence-electron chi connectivity index (χ3n) is 5.53. The van der Waals surface area contributed by atoms with Gasteiger partial charge in [-0.25, -0.2) is 26.7 Å². The number of allylic oxidation sites excluding steroid dienone is 1. The van der Waals surface area contributed by atoms with Gasteiger partial charge >= 0.3 is 6.03 Å². The van der Waals surface area contributed by atoms with Gasteiger partial charge in [-0.2, -0.15) is 5.10 Å². The minimum absolute atomic E-state index is 0.0420. The van der Waals surface area contributed by atoms with Crippen LogP contribution in [0, 0.1) is 0 Å². The molecule has 1 unspecified atom stereocenters. The number of nitrogens with zero attached hydrogens (tertiary/aromatic N) is 2. The molecule has 190 valence electrons. The SMILES string of the molecule is O=C(NCC(F)=C1c2c(cnn2Cc2ccc(Cl)cc2Cl)CCC1F)NS(=O)(=O)c1ccc(Cl)cc1. The Kier molecular flexibility index (Phi) is 7.89. The van der Waals surface area contributed by atoms with E-state index in [1.54, 1.807) is 22.9 Å². The first-order valence-electron chi connectivity index (χ1n) is 10.6. The number of nitrogens with one attached hydrogen (secondary N) is 2. The standard InChI is InChI=1S/C23H19Cl3F2N4O3S/c24-15-4-6-17(7-5-15)36(34,35)31-23(33)29-11-20(28)21-19(27)8-2-13-10-30-32(22(13)21)12-14-1-3-16(25)9-18(14)26/h1,3-7,9-10,19H,2,8,11-12H2,(H2,29,31,33). The topological polar surface area (TPSA) is 93.1 Å². The zero-order chi connectivity index (χ0) is 26.0. The number of carbonyl (C=O) groups is 1. The third kappa shape index (κ3) is 5.83. The Bertz CT molecular complexity index is 1440. The maximum atomic E-state index is 15.3. The van der Waals surface area contributed by atoms with Gasteiger partial charge in [0.05, 0.1) is 29.9 Å². The van der Waals surface area contributed by atoms with Crippen molar-refractivity contribution < 1.29 is 22.0 Å². The smallest absolute Gasteiger partial charge is 0.329 e. The van der Waals surface area contributed by atoms with Crippen LogP contribution in [0.4, 0.5) is 13.6 Å². The van der Waals surface area contributed by atoms with Crippen LogP contribution >= 0.6 is 34.8 Å². The molecule has 0 bridgehead atoms. The highest BCUT2D eigenvalue weighted by Crippen LogP contribution is 2.36. The first-order valence-corrected chi connectivity index (χ1v) is 13.2. The second-order valence-electron chi connectivity index (χ2n) is 7.98. The van der Waals surface area contributed by atoms with E-state index in [2.05, 4.69) is 10.4 Å². The summed E-state index contributed by atoms with van der Waals surface area (Å²) in [7, 11) is -4.22. The second kappa shape index (κ2) is 10.8. The summed E-state index contributed by atoms with van der Waals surface area (Å²) in [6.07, 6.45) is 0.295. The molecule has 4 rings (SSSR count). The number of carbonyl (C=O) groups excluding carboxylic acids is 1. The Balaban J connectivity index is 1.53. The largest absolute Gasteiger partial charge is 0.331 e. The van der Waals surface area contributed by atoms with Crippen LogP contribution in [0.5, 0.6) is 0 Å². The predicted octanol–water partition coefficient (Wildman–Crippen LogP) is 5.54. The average Bonchev–Trinajstić information content (AvgIpc) is 3.22. The monoisotopic (exact) mass is 574 g/mol. The zero-order valence-corrected chi connectivity index (χ0v) is 21.5. The lowest BCUT2D eigenvalue weighted by Gasteiger charge is -2.22. The highest BCUT2D eigenvalue weighted by molar-refractivity contribution is 7.90. The summed E-state index contributed by atoms with van der Waals surface area (Å²) in [4.78, 5) is 12.0. The van der Waals surface area contributed by atoms with Gasteiger partial charge in [-0.05, 0) is 60.4 Å². The average molecular weight is 576 g/mol. The highest BCUT2D eigenvalue weighted by atomic mass is 35.5. The zero-order valence-electron chi connectivity index (χ0n) is 18.4. The summed E-state index contributed by atoms with van der Waals surface area (Å²) >= 11 is 17.9. The van der Waals surface area contributed by atoms with Gasteiger partial charge in [-0.1, -0.05) is 40.9 Å². The molecule has 36 heavy (non-hydrogen) atoms. The highest BCUT2D eigenvalue weighted by Gasteiger charge is 2.31. The lowest BCUT2D eigenvalue weighted by molar-refractivity contribution is 0.246. The summed E-state index contributed by atoms with van der Waals surface area (Å²) in [5, 5.41) is 7.55. The van der Waals surface area contributed by atoms with Crippen LogP contribution < -0.4 is 10.0 Å². The number of amides is 2. The lowest BCUT2D eigenvalue weighted by atomic mass is 9.90. The number of fused-ring (bicyclic) bond motifs is 1. The fourth-order valence-electron chi connectivity index (χ4n) is 3.81. The molecule has 0 fully saturated rings. The number of halogens is 5. The van der Waals surface area contributed by atoms with Gasteiger partial charge in [-0.15, -0.1) is 0 Å². The molecule has 1 aliphatic rings. The Morgan fingerprint density at radius 1 is 1.11 bits per heavy atom. The quantitative estimate of drug-likeness (QED) is 0.403. The van der Waals surface area contributed by atoms with Crippen molar-refractivity contribution in [1.29, 1.82) is 0 Å². The molecule has 2 amide bonds. The number of sulfonamides is 1. The second-order valence-corrected chi connectivity index (χ2v) is 10.9. The first kappa shape index (κ1) is 26.4. The van der Waals surface area contributed by atoms with Gasteiger partial charge in [0.1, 0.15) is 12.0 Å². The molecule has 2 aromatic carbocycles. The molecule has 0 saturated carbocycles. The number of rotatable bonds is 6. The number of urea groups is 1. The van der Waals surface area contributed by atoms with E-state index in [-0.39, 0.29) is 29.1 Å². The Morgan fingerprint density at radius 2 is 1.81 bits per heavy atom. The van der Waals surface area contributed by atoms with E-state index in [4.69, 9.17) is 34.8 Å².